The number of fused-ring (bicyclic) bond motifs is 1. The van der Waals surface area contributed by atoms with Gasteiger partial charge in [-0.05, 0) is 29.9 Å². The third-order valence-electron chi connectivity index (χ3n) is 4.69. The molecule has 9 nitrogen and oxygen atoms in total. The number of rotatable bonds is 7. The number of halogens is 1. The van der Waals surface area contributed by atoms with Crippen LogP contribution in [0.1, 0.15) is 46.1 Å². The number of carbonyl (C=O) groups excluding carboxylic acids is 1. The van der Waals surface area contributed by atoms with Crippen LogP contribution in [0.15, 0.2) is 24.7 Å². The molecule has 3 heterocycles. The molecule has 146 valence electrons. The number of ether oxygens (including phenoxy) is 1. The van der Waals surface area contributed by atoms with Crippen LogP contribution in [0, 0.1) is 0 Å². The van der Waals surface area contributed by atoms with Crippen molar-refractivity contribution < 1.29 is 23.8 Å². The van der Waals surface area contributed by atoms with Gasteiger partial charge in [0.25, 0.3) is 0 Å². The highest BCUT2D eigenvalue weighted by atomic mass is 19.1. The highest BCUT2D eigenvalue weighted by Gasteiger charge is 2.27. The Kier molecular flexibility index (Phi) is 4.54. The van der Waals surface area contributed by atoms with Gasteiger partial charge in [0.1, 0.15) is 5.65 Å². The molecular weight excluding hydrogens is 369 g/mol. The zero-order valence-electron chi connectivity index (χ0n) is 15.1. The van der Waals surface area contributed by atoms with Crippen LogP contribution in [-0.2, 0) is 22.5 Å². The summed E-state index contributed by atoms with van der Waals surface area (Å²) in [5.74, 6) is -1.63. The molecule has 1 saturated carbocycles. The van der Waals surface area contributed by atoms with Gasteiger partial charge < -0.3 is 14.2 Å². The number of carboxylic acid groups (broad SMARTS) is 1. The SMILES string of the molecule is COC(=O)C(F)Cc1cc(C2CC2)cn2cc(Cn3cc(C(=O)O)nn3)nc12. The van der Waals surface area contributed by atoms with Crippen molar-refractivity contribution in [3.63, 3.8) is 0 Å². The molecule has 0 saturated heterocycles. The number of methoxy groups -OCH3 is 1. The normalized spacial score (nSPS) is 14.9. The van der Waals surface area contributed by atoms with Crippen molar-refractivity contribution in [2.45, 2.75) is 37.9 Å². The van der Waals surface area contributed by atoms with E-state index in [2.05, 4.69) is 20.0 Å². The summed E-state index contributed by atoms with van der Waals surface area (Å²) in [5.41, 5.74) is 2.71. The second-order valence-corrected chi connectivity index (χ2v) is 6.84. The molecule has 0 aliphatic heterocycles. The molecule has 1 aliphatic carbocycles. The van der Waals surface area contributed by atoms with Crippen molar-refractivity contribution in [3.8, 4) is 0 Å². The van der Waals surface area contributed by atoms with E-state index in [1.807, 2.05) is 16.7 Å². The zero-order valence-corrected chi connectivity index (χ0v) is 15.1. The molecule has 1 unspecified atom stereocenters. The summed E-state index contributed by atoms with van der Waals surface area (Å²) in [4.78, 5) is 27.0. The summed E-state index contributed by atoms with van der Waals surface area (Å²) in [5, 5.41) is 16.3. The number of imidazole rings is 1. The van der Waals surface area contributed by atoms with E-state index in [1.54, 1.807) is 6.20 Å². The van der Waals surface area contributed by atoms with Crippen molar-refractivity contribution in [2.24, 2.45) is 0 Å². The van der Waals surface area contributed by atoms with E-state index in [4.69, 9.17) is 5.11 Å². The number of alkyl halides is 1. The highest BCUT2D eigenvalue weighted by Crippen LogP contribution is 2.40. The lowest BCUT2D eigenvalue weighted by molar-refractivity contribution is -0.146. The Morgan fingerprint density at radius 1 is 1.36 bits per heavy atom. The summed E-state index contributed by atoms with van der Waals surface area (Å²) in [6.07, 6.45) is 5.34. The fourth-order valence-electron chi connectivity index (χ4n) is 3.15. The second kappa shape index (κ2) is 7.02. The molecule has 3 aromatic heterocycles. The highest BCUT2D eigenvalue weighted by molar-refractivity contribution is 5.84. The first-order chi connectivity index (χ1) is 13.4. The molecule has 0 spiro atoms. The van der Waals surface area contributed by atoms with Crippen LogP contribution in [0.25, 0.3) is 5.65 Å². The van der Waals surface area contributed by atoms with Crippen molar-refractivity contribution in [1.82, 2.24) is 24.4 Å². The lowest BCUT2D eigenvalue weighted by atomic mass is 10.1. The summed E-state index contributed by atoms with van der Waals surface area (Å²) in [6, 6.07) is 1.90. The van der Waals surface area contributed by atoms with Gasteiger partial charge in [-0.3, -0.25) is 0 Å². The van der Waals surface area contributed by atoms with Crippen LogP contribution in [0.2, 0.25) is 0 Å². The first kappa shape index (κ1) is 18.1. The lowest BCUT2D eigenvalue weighted by Crippen LogP contribution is -2.20. The number of esters is 1. The van der Waals surface area contributed by atoms with E-state index in [9.17, 15) is 14.0 Å². The smallest absolute Gasteiger partial charge is 0.358 e. The Hall–Kier alpha value is -3.30. The number of aromatic nitrogens is 5. The Labute approximate surface area is 158 Å². The summed E-state index contributed by atoms with van der Waals surface area (Å²) in [7, 11) is 1.16. The fourth-order valence-corrected chi connectivity index (χ4v) is 3.15. The first-order valence-corrected chi connectivity index (χ1v) is 8.80. The van der Waals surface area contributed by atoms with Crippen LogP contribution in [0.3, 0.4) is 0 Å². The number of carboxylic acids is 1. The van der Waals surface area contributed by atoms with Gasteiger partial charge in [0.2, 0.25) is 6.17 Å². The van der Waals surface area contributed by atoms with E-state index in [-0.39, 0.29) is 18.7 Å². The Balaban J connectivity index is 1.67. The molecule has 4 rings (SSSR count). The largest absolute Gasteiger partial charge is 0.476 e. The molecule has 1 aliphatic rings. The average molecular weight is 387 g/mol. The molecule has 1 N–H and O–H groups in total. The number of nitrogens with zero attached hydrogens (tertiary/aromatic N) is 5. The minimum absolute atomic E-state index is 0.125. The molecule has 0 radical (unpaired) electrons. The summed E-state index contributed by atoms with van der Waals surface area (Å²) >= 11 is 0. The third-order valence-corrected chi connectivity index (χ3v) is 4.69. The van der Waals surface area contributed by atoms with Crippen molar-refractivity contribution in [2.75, 3.05) is 7.11 Å². The maximum Gasteiger partial charge on any atom is 0.358 e. The van der Waals surface area contributed by atoms with Gasteiger partial charge in [-0.2, -0.15) is 0 Å². The number of carbonyl (C=O) groups is 2. The van der Waals surface area contributed by atoms with Gasteiger partial charge in [-0.15, -0.1) is 5.10 Å². The fraction of sp³-hybridized carbons (Fsp3) is 0.389. The molecule has 1 atom stereocenters. The zero-order chi connectivity index (χ0) is 19.8. The van der Waals surface area contributed by atoms with Crippen LogP contribution >= 0.6 is 0 Å². The number of aromatic carboxylic acids is 1. The quantitative estimate of drug-likeness (QED) is 0.613. The molecule has 28 heavy (non-hydrogen) atoms. The topological polar surface area (TPSA) is 112 Å². The molecule has 0 amide bonds. The number of hydrogen-bond donors (Lipinski definition) is 1. The van der Waals surface area contributed by atoms with Crippen LogP contribution in [0.5, 0.6) is 0 Å². The lowest BCUT2D eigenvalue weighted by Gasteiger charge is -2.10. The van der Waals surface area contributed by atoms with Crippen LogP contribution < -0.4 is 0 Å². The van der Waals surface area contributed by atoms with E-state index in [1.165, 1.54) is 10.9 Å². The Morgan fingerprint density at radius 2 is 2.14 bits per heavy atom. The van der Waals surface area contributed by atoms with Crippen LogP contribution in [0.4, 0.5) is 4.39 Å². The molecule has 0 bridgehead atoms. The van der Waals surface area contributed by atoms with Crippen LogP contribution in [-0.4, -0.2) is 54.7 Å². The third kappa shape index (κ3) is 3.57. The molecular formula is C18H18FN5O4. The van der Waals surface area contributed by atoms with Gasteiger partial charge in [0, 0.05) is 18.8 Å². The van der Waals surface area contributed by atoms with Crippen molar-refractivity contribution >= 4 is 17.6 Å². The standard InChI is InChI=1S/C18H18FN5O4/c1-28-18(27)14(19)5-11-4-12(10-2-3-10)6-23-7-13(20-16(11)23)8-24-9-15(17(25)26)21-22-24/h4,6-7,9-10,14H,2-3,5,8H2,1H3,(H,25,26). The number of pyridine rings is 1. The predicted molar refractivity (Wildman–Crippen MR) is 93.9 cm³/mol. The van der Waals surface area contributed by atoms with E-state index >= 15 is 0 Å². The molecule has 10 heteroatoms. The van der Waals surface area contributed by atoms with E-state index in [0.29, 0.717) is 22.8 Å². The van der Waals surface area contributed by atoms with Crippen molar-refractivity contribution in [1.29, 1.82) is 0 Å². The minimum atomic E-state index is -1.77. The first-order valence-electron chi connectivity index (χ1n) is 8.80. The minimum Gasteiger partial charge on any atom is -0.476 e. The second-order valence-electron chi connectivity index (χ2n) is 6.84. The monoisotopic (exact) mass is 387 g/mol. The maximum absolute atomic E-state index is 14.2. The Morgan fingerprint density at radius 3 is 2.79 bits per heavy atom. The van der Waals surface area contributed by atoms with Gasteiger partial charge in [-0.25, -0.2) is 23.6 Å². The predicted octanol–water partition coefficient (Wildman–Crippen LogP) is 1.60. The average Bonchev–Trinajstić information content (AvgIpc) is 3.28. The van der Waals surface area contributed by atoms with E-state index in [0.717, 1.165) is 25.5 Å². The Bertz CT molecular complexity index is 1060. The van der Waals surface area contributed by atoms with Gasteiger partial charge in [0.15, 0.2) is 5.69 Å². The maximum atomic E-state index is 14.2. The van der Waals surface area contributed by atoms with Gasteiger partial charge >= 0.3 is 11.9 Å². The summed E-state index contributed by atoms with van der Waals surface area (Å²) < 4.78 is 21.9. The molecule has 1 fully saturated rings. The van der Waals surface area contributed by atoms with Gasteiger partial charge in [0.05, 0.1) is 25.5 Å². The molecule has 3 aromatic rings. The summed E-state index contributed by atoms with van der Waals surface area (Å²) in [6.45, 7) is 0.218. The number of hydrogen-bond acceptors (Lipinski definition) is 6. The van der Waals surface area contributed by atoms with Crippen molar-refractivity contribution in [3.05, 3.63) is 47.2 Å². The van der Waals surface area contributed by atoms with E-state index < -0.39 is 18.1 Å². The molecule has 0 aromatic carbocycles. The van der Waals surface area contributed by atoms with Gasteiger partial charge in [-0.1, -0.05) is 11.3 Å².